The van der Waals surface area contributed by atoms with Gasteiger partial charge in [-0.3, -0.25) is 0 Å². The smallest absolute Gasteiger partial charge is 0.291 e. The molecule has 3 nitrogen and oxygen atoms in total. The second-order valence-electron chi connectivity index (χ2n) is 3.42. The van der Waals surface area contributed by atoms with Gasteiger partial charge in [-0.05, 0) is 12.1 Å². The molecule has 3 heteroatoms. The van der Waals surface area contributed by atoms with E-state index in [2.05, 4.69) is 5.32 Å². The standard InChI is InChI=1S/C11H11NO2/c1-2-4-10-9(3-1)5-6-11(14-10)12-7-8-13-11/h1-6,12H,7-8H2. The summed E-state index contributed by atoms with van der Waals surface area (Å²) in [5, 5.41) is 3.18. The third-order valence-electron chi connectivity index (χ3n) is 2.45. The molecule has 3 rings (SSSR count). The maximum Gasteiger partial charge on any atom is 0.291 e. The highest BCUT2D eigenvalue weighted by Crippen LogP contribution is 2.31. The molecule has 72 valence electrons. The Kier molecular flexibility index (Phi) is 1.63. The SMILES string of the molecule is C1=CC2(NCCO2)Oc2ccccc21. The summed E-state index contributed by atoms with van der Waals surface area (Å²) in [6.45, 7) is 1.51. The van der Waals surface area contributed by atoms with Crippen LogP contribution in [-0.2, 0) is 4.74 Å². The highest BCUT2D eigenvalue weighted by atomic mass is 16.7. The summed E-state index contributed by atoms with van der Waals surface area (Å²) >= 11 is 0. The summed E-state index contributed by atoms with van der Waals surface area (Å²) in [5.74, 6) is 0.151. The van der Waals surface area contributed by atoms with Gasteiger partial charge in [0, 0.05) is 18.2 Å². The van der Waals surface area contributed by atoms with Crippen LogP contribution in [0.2, 0.25) is 0 Å². The topological polar surface area (TPSA) is 30.5 Å². The Hall–Kier alpha value is -1.32. The molecule has 0 amide bonds. The fourth-order valence-corrected chi connectivity index (χ4v) is 1.76. The molecule has 1 aromatic rings. The van der Waals surface area contributed by atoms with Crippen LogP contribution in [0.3, 0.4) is 0 Å². The van der Waals surface area contributed by atoms with Gasteiger partial charge in [0.25, 0.3) is 5.91 Å². The lowest BCUT2D eigenvalue weighted by molar-refractivity contribution is -0.125. The summed E-state index contributed by atoms with van der Waals surface area (Å²) in [6.07, 6.45) is 3.94. The Morgan fingerprint density at radius 3 is 3.07 bits per heavy atom. The zero-order valence-electron chi connectivity index (χ0n) is 7.69. The summed E-state index contributed by atoms with van der Waals surface area (Å²) < 4.78 is 11.3. The lowest BCUT2D eigenvalue weighted by atomic mass is 10.1. The molecule has 2 aliphatic heterocycles. The lowest BCUT2D eigenvalue weighted by Crippen LogP contribution is -2.46. The Bertz CT molecular complexity index is 381. The first-order valence-electron chi connectivity index (χ1n) is 4.74. The average molecular weight is 189 g/mol. The Morgan fingerprint density at radius 2 is 2.21 bits per heavy atom. The molecule has 14 heavy (non-hydrogen) atoms. The summed E-state index contributed by atoms with van der Waals surface area (Å²) in [7, 11) is 0. The van der Waals surface area contributed by atoms with E-state index in [9.17, 15) is 0 Å². The third-order valence-corrected chi connectivity index (χ3v) is 2.45. The number of para-hydroxylation sites is 1. The van der Waals surface area contributed by atoms with E-state index >= 15 is 0 Å². The van der Waals surface area contributed by atoms with Crippen LogP contribution in [0.4, 0.5) is 0 Å². The first kappa shape index (κ1) is 8.03. The van der Waals surface area contributed by atoms with E-state index < -0.39 is 5.91 Å². The maximum absolute atomic E-state index is 5.76. The summed E-state index contributed by atoms with van der Waals surface area (Å²) in [5.41, 5.74) is 1.09. The van der Waals surface area contributed by atoms with Gasteiger partial charge in [0.15, 0.2) is 0 Å². The molecule has 1 unspecified atom stereocenters. The second kappa shape index (κ2) is 2.83. The Balaban J connectivity index is 2.00. The van der Waals surface area contributed by atoms with Gasteiger partial charge >= 0.3 is 0 Å². The van der Waals surface area contributed by atoms with Crippen molar-refractivity contribution in [1.82, 2.24) is 5.32 Å². The van der Waals surface area contributed by atoms with Gasteiger partial charge in [0.05, 0.1) is 6.61 Å². The van der Waals surface area contributed by atoms with Crippen molar-refractivity contribution in [2.75, 3.05) is 13.2 Å². The molecule has 2 aliphatic rings. The summed E-state index contributed by atoms with van der Waals surface area (Å²) in [4.78, 5) is 0. The van der Waals surface area contributed by atoms with Crippen molar-refractivity contribution in [3.63, 3.8) is 0 Å². The van der Waals surface area contributed by atoms with Crippen molar-refractivity contribution in [3.05, 3.63) is 35.9 Å². The normalized spacial score (nSPS) is 28.9. The van der Waals surface area contributed by atoms with Crippen LogP contribution in [0.1, 0.15) is 5.56 Å². The largest absolute Gasteiger partial charge is 0.445 e. The zero-order valence-corrected chi connectivity index (χ0v) is 7.69. The molecule has 0 bridgehead atoms. The Labute approximate surface area is 82.3 Å². The highest BCUT2D eigenvalue weighted by Gasteiger charge is 2.36. The highest BCUT2D eigenvalue weighted by molar-refractivity contribution is 5.60. The minimum absolute atomic E-state index is 0.687. The van der Waals surface area contributed by atoms with Crippen molar-refractivity contribution >= 4 is 6.08 Å². The summed E-state index contributed by atoms with van der Waals surface area (Å²) in [6, 6.07) is 7.92. The van der Waals surface area contributed by atoms with Crippen LogP contribution in [0.5, 0.6) is 5.75 Å². The van der Waals surface area contributed by atoms with E-state index in [0.717, 1.165) is 17.9 Å². The van der Waals surface area contributed by atoms with Gasteiger partial charge in [-0.2, -0.15) is 0 Å². The van der Waals surface area contributed by atoms with Gasteiger partial charge in [-0.15, -0.1) is 0 Å². The molecule has 1 spiro atoms. The van der Waals surface area contributed by atoms with E-state index in [1.165, 1.54) is 0 Å². The second-order valence-corrected chi connectivity index (χ2v) is 3.42. The molecule has 0 aliphatic carbocycles. The fourth-order valence-electron chi connectivity index (χ4n) is 1.76. The van der Waals surface area contributed by atoms with Crippen LogP contribution in [0.25, 0.3) is 6.08 Å². The molecular weight excluding hydrogens is 178 g/mol. The monoisotopic (exact) mass is 189 g/mol. The molecule has 1 aromatic carbocycles. The number of fused-ring (bicyclic) bond motifs is 1. The number of nitrogens with one attached hydrogen (secondary N) is 1. The van der Waals surface area contributed by atoms with Gasteiger partial charge in [-0.1, -0.05) is 18.2 Å². The van der Waals surface area contributed by atoms with Crippen LogP contribution >= 0.6 is 0 Å². The van der Waals surface area contributed by atoms with Gasteiger partial charge in [0.1, 0.15) is 5.75 Å². The molecule has 1 atom stereocenters. The van der Waals surface area contributed by atoms with Crippen LogP contribution < -0.4 is 10.1 Å². The van der Waals surface area contributed by atoms with Crippen molar-refractivity contribution in [1.29, 1.82) is 0 Å². The van der Waals surface area contributed by atoms with Crippen LogP contribution in [-0.4, -0.2) is 19.1 Å². The number of ether oxygens (including phenoxy) is 2. The first-order chi connectivity index (χ1) is 6.88. The van der Waals surface area contributed by atoms with Crippen molar-refractivity contribution in [2.24, 2.45) is 0 Å². The predicted octanol–water partition coefficient (Wildman–Crippen LogP) is 1.37. The number of benzene rings is 1. The van der Waals surface area contributed by atoms with E-state index in [4.69, 9.17) is 9.47 Å². The number of hydrogen-bond donors (Lipinski definition) is 1. The molecule has 1 saturated heterocycles. The molecule has 1 fully saturated rings. The number of hydrogen-bond acceptors (Lipinski definition) is 3. The van der Waals surface area contributed by atoms with E-state index in [1.54, 1.807) is 0 Å². The third kappa shape index (κ3) is 1.14. The Morgan fingerprint density at radius 1 is 1.29 bits per heavy atom. The van der Waals surface area contributed by atoms with Crippen molar-refractivity contribution in [3.8, 4) is 5.75 Å². The maximum atomic E-state index is 5.76. The predicted molar refractivity (Wildman–Crippen MR) is 52.8 cm³/mol. The van der Waals surface area contributed by atoms with E-state index in [1.807, 2.05) is 36.4 Å². The van der Waals surface area contributed by atoms with Gasteiger partial charge in [-0.25, -0.2) is 5.32 Å². The molecule has 0 aromatic heterocycles. The van der Waals surface area contributed by atoms with Gasteiger partial charge in [0.2, 0.25) is 0 Å². The quantitative estimate of drug-likeness (QED) is 0.668. The average Bonchev–Trinajstić information content (AvgIpc) is 2.66. The lowest BCUT2D eigenvalue weighted by Gasteiger charge is -2.29. The van der Waals surface area contributed by atoms with Crippen molar-refractivity contribution in [2.45, 2.75) is 5.91 Å². The fraction of sp³-hybridized carbons (Fsp3) is 0.273. The molecular formula is C11H11NO2. The zero-order chi connectivity index (χ0) is 9.43. The van der Waals surface area contributed by atoms with Gasteiger partial charge < -0.3 is 9.47 Å². The number of rotatable bonds is 0. The first-order valence-corrected chi connectivity index (χ1v) is 4.74. The molecule has 2 heterocycles. The molecule has 1 N–H and O–H groups in total. The van der Waals surface area contributed by atoms with E-state index in [-0.39, 0.29) is 0 Å². The molecule has 0 radical (unpaired) electrons. The van der Waals surface area contributed by atoms with Crippen LogP contribution in [0.15, 0.2) is 30.3 Å². The molecule has 0 saturated carbocycles. The minimum atomic E-state index is -0.714. The minimum Gasteiger partial charge on any atom is -0.445 e. The van der Waals surface area contributed by atoms with Crippen molar-refractivity contribution < 1.29 is 9.47 Å². The van der Waals surface area contributed by atoms with E-state index in [0.29, 0.717) is 6.61 Å². The van der Waals surface area contributed by atoms with Crippen LogP contribution in [0, 0.1) is 0 Å².